The maximum absolute atomic E-state index is 12.3. The molecule has 0 heterocycles. The highest BCUT2D eigenvalue weighted by atomic mass is 16.4. The van der Waals surface area contributed by atoms with Crippen LogP contribution in [-0.4, -0.2) is 34.6 Å². The molecule has 2 N–H and O–H groups in total. The van der Waals surface area contributed by atoms with E-state index in [1.807, 2.05) is 18.2 Å². The molecule has 1 aliphatic rings. The van der Waals surface area contributed by atoms with Gasteiger partial charge in [-0.25, -0.2) is 4.79 Å². The van der Waals surface area contributed by atoms with Crippen molar-refractivity contribution in [3.63, 3.8) is 0 Å². The minimum absolute atomic E-state index is 0.0475. The van der Waals surface area contributed by atoms with E-state index in [4.69, 9.17) is 5.11 Å². The quantitative estimate of drug-likeness (QED) is 0.758. The Bertz CT molecular complexity index is 538. The molecular weight excluding hydrogens is 268 g/mol. The Morgan fingerprint density at radius 2 is 2.10 bits per heavy atom. The molecular formula is C16H20N2O3. The second-order valence-corrected chi connectivity index (χ2v) is 5.15. The van der Waals surface area contributed by atoms with Gasteiger partial charge in [0.05, 0.1) is 0 Å². The van der Waals surface area contributed by atoms with Crippen molar-refractivity contribution in [3.05, 3.63) is 42.5 Å². The summed E-state index contributed by atoms with van der Waals surface area (Å²) in [6, 6.07) is 7.46. The molecule has 0 unspecified atom stereocenters. The van der Waals surface area contributed by atoms with Crippen molar-refractivity contribution in [3.8, 4) is 0 Å². The van der Waals surface area contributed by atoms with Gasteiger partial charge in [-0.05, 0) is 30.9 Å². The maximum Gasteiger partial charge on any atom is 0.322 e. The Labute approximate surface area is 124 Å². The summed E-state index contributed by atoms with van der Waals surface area (Å²) in [6.45, 7) is 4.20. The molecule has 0 aliphatic heterocycles. The predicted molar refractivity (Wildman–Crippen MR) is 81.3 cm³/mol. The number of carbonyl (C=O) groups excluding carboxylic acids is 1. The largest absolute Gasteiger partial charge is 0.481 e. The number of nitrogens with one attached hydrogen (secondary N) is 1. The molecule has 0 radical (unpaired) electrons. The molecule has 21 heavy (non-hydrogen) atoms. The lowest BCUT2D eigenvalue weighted by Crippen LogP contribution is -2.37. The SMILES string of the molecule is C=CCN(C(=O)Nc1ccccc1CCC(=O)O)C1CC1. The van der Waals surface area contributed by atoms with Crippen molar-refractivity contribution >= 4 is 17.7 Å². The Kier molecular flexibility index (Phi) is 4.98. The summed E-state index contributed by atoms with van der Waals surface area (Å²) < 4.78 is 0. The van der Waals surface area contributed by atoms with Gasteiger partial charge in [0.25, 0.3) is 0 Å². The summed E-state index contributed by atoms with van der Waals surface area (Å²) in [5.74, 6) is -0.845. The molecule has 0 spiro atoms. The summed E-state index contributed by atoms with van der Waals surface area (Å²) >= 11 is 0. The normalized spacial score (nSPS) is 13.5. The zero-order valence-electron chi connectivity index (χ0n) is 11.9. The number of aliphatic carboxylic acids is 1. The van der Waals surface area contributed by atoms with Crippen LogP contribution >= 0.6 is 0 Å². The Hall–Kier alpha value is -2.30. The number of benzene rings is 1. The Morgan fingerprint density at radius 3 is 2.71 bits per heavy atom. The van der Waals surface area contributed by atoms with E-state index >= 15 is 0 Å². The van der Waals surface area contributed by atoms with Crippen molar-refractivity contribution in [1.82, 2.24) is 4.90 Å². The summed E-state index contributed by atoms with van der Waals surface area (Å²) in [7, 11) is 0. The molecule has 112 valence electrons. The van der Waals surface area contributed by atoms with Gasteiger partial charge in [0.1, 0.15) is 0 Å². The topological polar surface area (TPSA) is 69.6 Å². The minimum Gasteiger partial charge on any atom is -0.481 e. The molecule has 2 amide bonds. The van der Waals surface area contributed by atoms with Crippen LogP contribution in [0.25, 0.3) is 0 Å². The lowest BCUT2D eigenvalue weighted by atomic mass is 10.1. The Morgan fingerprint density at radius 1 is 1.38 bits per heavy atom. The lowest BCUT2D eigenvalue weighted by molar-refractivity contribution is -0.136. The van der Waals surface area contributed by atoms with Crippen molar-refractivity contribution in [2.75, 3.05) is 11.9 Å². The predicted octanol–water partition coefficient (Wildman–Crippen LogP) is 2.89. The van der Waals surface area contributed by atoms with E-state index in [1.165, 1.54) is 0 Å². The number of hydrogen-bond acceptors (Lipinski definition) is 2. The maximum atomic E-state index is 12.3. The summed E-state index contributed by atoms with van der Waals surface area (Å²) in [5.41, 5.74) is 1.51. The van der Waals surface area contributed by atoms with Gasteiger partial charge in [0.15, 0.2) is 0 Å². The van der Waals surface area contributed by atoms with Gasteiger partial charge < -0.3 is 15.3 Å². The van der Waals surface area contributed by atoms with E-state index in [2.05, 4.69) is 11.9 Å². The number of carbonyl (C=O) groups is 2. The number of aryl methyl sites for hydroxylation is 1. The molecule has 5 heteroatoms. The summed E-state index contributed by atoms with van der Waals surface area (Å²) in [4.78, 5) is 24.8. The smallest absolute Gasteiger partial charge is 0.322 e. The van der Waals surface area contributed by atoms with E-state index in [0.29, 0.717) is 24.7 Å². The van der Waals surface area contributed by atoms with Gasteiger partial charge >= 0.3 is 12.0 Å². The number of rotatable bonds is 7. The second kappa shape index (κ2) is 6.92. The fourth-order valence-corrected chi connectivity index (χ4v) is 2.21. The molecule has 5 nitrogen and oxygen atoms in total. The third-order valence-electron chi connectivity index (χ3n) is 3.44. The molecule has 1 aromatic carbocycles. The molecule has 0 atom stereocenters. The van der Waals surface area contributed by atoms with E-state index in [9.17, 15) is 9.59 Å². The third kappa shape index (κ3) is 4.34. The zero-order valence-corrected chi connectivity index (χ0v) is 11.9. The fraction of sp³-hybridized carbons (Fsp3) is 0.375. The highest BCUT2D eigenvalue weighted by molar-refractivity contribution is 5.90. The van der Waals surface area contributed by atoms with Crippen molar-refractivity contribution < 1.29 is 14.7 Å². The monoisotopic (exact) mass is 288 g/mol. The molecule has 0 aromatic heterocycles. The van der Waals surface area contributed by atoms with E-state index < -0.39 is 5.97 Å². The fourth-order valence-electron chi connectivity index (χ4n) is 2.21. The van der Waals surface area contributed by atoms with E-state index in [0.717, 1.165) is 18.4 Å². The molecule has 1 saturated carbocycles. The molecule has 1 aliphatic carbocycles. The summed E-state index contributed by atoms with van der Waals surface area (Å²) in [5, 5.41) is 11.7. The van der Waals surface area contributed by atoms with Gasteiger partial charge in [0, 0.05) is 24.7 Å². The van der Waals surface area contributed by atoms with Crippen molar-refractivity contribution in [2.24, 2.45) is 0 Å². The number of carboxylic acids is 1. The average Bonchev–Trinajstić information content (AvgIpc) is 3.28. The number of hydrogen-bond donors (Lipinski definition) is 2. The van der Waals surface area contributed by atoms with Crippen LogP contribution < -0.4 is 5.32 Å². The number of para-hydroxylation sites is 1. The first kappa shape index (κ1) is 15.1. The highest BCUT2D eigenvalue weighted by Crippen LogP contribution is 2.27. The number of anilines is 1. The van der Waals surface area contributed by atoms with Gasteiger partial charge in [-0.1, -0.05) is 24.3 Å². The van der Waals surface area contributed by atoms with Crippen LogP contribution in [-0.2, 0) is 11.2 Å². The number of nitrogens with zero attached hydrogens (tertiary/aromatic N) is 1. The van der Waals surface area contributed by atoms with Crippen LogP contribution in [0, 0.1) is 0 Å². The van der Waals surface area contributed by atoms with Crippen LogP contribution in [0.4, 0.5) is 10.5 Å². The molecule has 1 fully saturated rings. The standard InChI is InChI=1S/C16H20N2O3/c1-2-11-18(13-8-9-13)16(21)17-14-6-4-3-5-12(14)7-10-15(19)20/h2-6,13H,1,7-11H2,(H,17,21)(H,19,20). The molecule has 1 aromatic rings. The van der Waals surface area contributed by atoms with Gasteiger partial charge in [-0.2, -0.15) is 0 Å². The first-order chi connectivity index (χ1) is 10.1. The minimum atomic E-state index is -0.845. The molecule has 0 bridgehead atoms. The zero-order chi connectivity index (χ0) is 15.2. The number of carboxylic acid groups (broad SMARTS) is 1. The molecule has 0 saturated heterocycles. The highest BCUT2D eigenvalue weighted by Gasteiger charge is 2.31. The van der Waals surface area contributed by atoms with Crippen LogP contribution in [0.15, 0.2) is 36.9 Å². The van der Waals surface area contributed by atoms with Gasteiger partial charge in [-0.15, -0.1) is 6.58 Å². The lowest BCUT2D eigenvalue weighted by Gasteiger charge is -2.22. The Balaban J connectivity index is 2.05. The van der Waals surface area contributed by atoms with Crippen LogP contribution in [0.5, 0.6) is 0 Å². The first-order valence-corrected chi connectivity index (χ1v) is 7.10. The first-order valence-electron chi connectivity index (χ1n) is 7.10. The number of urea groups is 1. The van der Waals surface area contributed by atoms with Gasteiger partial charge in [-0.3, -0.25) is 4.79 Å². The molecule has 2 rings (SSSR count). The van der Waals surface area contributed by atoms with Crippen molar-refractivity contribution in [2.45, 2.75) is 31.7 Å². The number of amides is 2. The second-order valence-electron chi connectivity index (χ2n) is 5.15. The average molecular weight is 288 g/mol. The van der Waals surface area contributed by atoms with Crippen molar-refractivity contribution in [1.29, 1.82) is 0 Å². The van der Waals surface area contributed by atoms with Crippen LogP contribution in [0.3, 0.4) is 0 Å². The third-order valence-corrected chi connectivity index (χ3v) is 3.44. The van der Waals surface area contributed by atoms with Crippen LogP contribution in [0.1, 0.15) is 24.8 Å². The van der Waals surface area contributed by atoms with E-state index in [1.54, 1.807) is 17.0 Å². The van der Waals surface area contributed by atoms with Crippen LogP contribution in [0.2, 0.25) is 0 Å². The van der Waals surface area contributed by atoms with Gasteiger partial charge in [0.2, 0.25) is 0 Å². The summed E-state index contributed by atoms with van der Waals surface area (Å²) in [6.07, 6.45) is 4.22. The van der Waals surface area contributed by atoms with E-state index in [-0.39, 0.29) is 12.5 Å².